The van der Waals surface area contributed by atoms with Crippen LogP contribution >= 0.6 is 0 Å². The molecule has 0 spiro atoms. The van der Waals surface area contributed by atoms with Crippen LogP contribution in [0.3, 0.4) is 0 Å². The molecule has 0 aliphatic heterocycles. The summed E-state index contributed by atoms with van der Waals surface area (Å²) in [5.41, 5.74) is 0.809. The molecule has 0 amide bonds. The van der Waals surface area contributed by atoms with E-state index in [-0.39, 0.29) is 22.3 Å². The Balaban J connectivity index is 2.52. The number of benzene rings is 2. The molecule has 0 aliphatic rings. The Bertz CT molecular complexity index is 1060. The Morgan fingerprint density at radius 2 is 1.52 bits per heavy atom. The molecule has 0 radical (unpaired) electrons. The van der Waals surface area contributed by atoms with Gasteiger partial charge in [-0.2, -0.15) is 0 Å². The number of hydrogen-bond donors (Lipinski definition) is 1. The number of sulfone groups is 2. The summed E-state index contributed by atoms with van der Waals surface area (Å²) >= 11 is 0. The maximum atomic E-state index is 13.2. The molecule has 0 saturated heterocycles. The van der Waals surface area contributed by atoms with E-state index in [0.29, 0.717) is 17.8 Å². The number of halogens is 1. The Morgan fingerprint density at radius 1 is 0.931 bits per heavy atom. The first-order valence-electron chi connectivity index (χ1n) is 9.01. The van der Waals surface area contributed by atoms with Crippen LogP contribution < -0.4 is 4.90 Å². The Labute approximate surface area is 171 Å². The number of hydrogen-bond acceptors (Lipinski definition) is 6. The van der Waals surface area contributed by atoms with Gasteiger partial charge in [-0.3, -0.25) is 0 Å². The summed E-state index contributed by atoms with van der Waals surface area (Å²) in [5, 5.41) is 10.6. The lowest BCUT2D eigenvalue weighted by atomic mass is 10.1. The molecule has 2 aromatic rings. The lowest BCUT2D eigenvalue weighted by Crippen LogP contribution is -2.33. The van der Waals surface area contributed by atoms with E-state index in [0.717, 1.165) is 18.6 Å². The van der Waals surface area contributed by atoms with Gasteiger partial charge in [-0.05, 0) is 41.8 Å². The highest BCUT2D eigenvalue weighted by molar-refractivity contribution is 7.91. The van der Waals surface area contributed by atoms with Gasteiger partial charge in [0.2, 0.25) is 0 Å². The standard InChI is InChI=1S/C20H26FNO5S2/c1-14(2)12-22(13-19(23)15-5-7-16(21)8-6-15)18-10-9-17(28(3,24)25)11-20(18)29(4,26)27/h5-11,14,19,23H,12-13H2,1-4H3/t19-/m0/s1. The maximum Gasteiger partial charge on any atom is 0.177 e. The average molecular weight is 444 g/mol. The third kappa shape index (κ3) is 6.25. The zero-order valence-corrected chi connectivity index (χ0v) is 18.5. The van der Waals surface area contributed by atoms with Crippen molar-refractivity contribution in [3.05, 3.63) is 53.8 Å². The molecular formula is C20H26FNO5S2. The number of aliphatic hydroxyl groups excluding tert-OH is 1. The Morgan fingerprint density at radius 3 is 2.00 bits per heavy atom. The molecule has 2 aromatic carbocycles. The SMILES string of the molecule is CC(C)CN(C[C@H](O)c1ccc(F)cc1)c1ccc(S(C)(=O)=O)cc1S(C)(=O)=O. The predicted molar refractivity (Wildman–Crippen MR) is 111 cm³/mol. The molecule has 0 saturated carbocycles. The second-order valence-corrected chi connectivity index (χ2v) is 11.5. The van der Waals surface area contributed by atoms with Crippen LogP contribution in [0.2, 0.25) is 0 Å². The fourth-order valence-corrected chi connectivity index (χ4v) is 4.63. The number of rotatable bonds is 8. The van der Waals surface area contributed by atoms with Crippen LogP contribution in [0.15, 0.2) is 52.3 Å². The Hall–Kier alpha value is -1.97. The summed E-state index contributed by atoms with van der Waals surface area (Å²) in [6.45, 7) is 4.38. The van der Waals surface area contributed by atoms with Crippen molar-refractivity contribution in [1.29, 1.82) is 0 Å². The highest BCUT2D eigenvalue weighted by Crippen LogP contribution is 2.30. The van der Waals surface area contributed by atoms with Crippen molar-refractivity contribution in [3.8, 4) is 0 Å². The van der Waals surface area contributed by atoms with E-state index in [1.807, 2.05) is 13.8 Å². The van der Waals surface area contributed by atoms with E-state index in [1.165, 1.54) is 36.4 Å². The van der Waals surface area contributed by atoms with E-state index in [9.17, 15) is 26.3 Å². The largest absolute Gasteiger partial charge is 0.387 e. The molecule has 0 fully saturated rings. The minimum atomic E-state index is -3.74. The van der Waals surface area contributed by atoms with Crippen molar-refractivity contribution in [2.45, 2.75) is 29.7 Å². The molecule has 1 N–H and O–H groups in total. The molecule has 0 heterocycles. The van der Waals surface area contributed by atoms with E-state index in [1.54, 1.807) is 4.90 Å². The summed E-state index contributed by atoms with van der Waals surface area (Å²) in [5.74, 6) is -0.284. The molecule has 6 nitrogen and oxygen atoms in total. The van der Waals surface area contributed by atoms with Crippen LogP contribution in [-0.4, -0.2) is 47.5 Å². The zero-order valence-electron chi connectivity index (χ0n) is 16.8. The topological polar surface area (TPSA) is 91.8 Å². The van der Waals surface area contributed by atoms with Gasteiger partial charge in [-0.15, -0.1) is 0 Å². The van der Waals surface area contributed by atoms with Gasteiger partial charge in [0.25, 0.3) is 0 Å². The highest BCUT2D eigenvalue weighted by Gasteiger charge is 2.24. The third-order valence-corrected chi connectivity index (χ3v) is 6.57. The number of anilines is 1. The summed E-state index contributed by atoms with van der Waals surface area (Å²) in [4.78, 5) is 1.50. The zero-order chi connectivity index (χ0) is 22.0. The number of nitrogens with zero attached hydrogens (tertiary/aromatic N) is 1. The van der Waals surface area contributed by atoms with E-state index in [2.05, 4.69) is 0 Å². The van der Waals surface area contributed by atoms with Gasteiger partial charge in [0.05, 0.1) is 21.6 Å². The fourth-order valence-electron chi connectivity index (χ4n) is 2.99. The lowest BCUT2D eigenvalue weighted by molar-refractivity contribution is 0.182. The fraction of sp³-hybridized carbons (Fsp3) is 0.400. The third-order valence-electron chi connectivity index (χ3n) is 4.33. The normalized spacial score (nSPS) is 13.5. The number of aliphatic hydroxyl groups is 1. The van der Waals surface area contributed by atoms with Crippen LogP contribution in [0.5, 0.6) is 0 Å². The minimum absolute atomic E-state index is 0.0601. The maximum absolute atomic E-state index is 13.2. The first-order chi connectivity index (χ1) is 13.3. The van der Waals surface area contributed by atoms with Gasteiger partial charge in [0, 0.05) is 25.6 Å². The van der Waals surface area contributed by atoms with Gasteiger partial charge >= 0.3 is 0 Å². The molecular weight excluding hydrogens is 417 g/mol. The van der Waals surface area contributed by atoms with Crippen molar-refractivity contribution in [2.75, 3.05) is 30.5 Å². The van der Waals surface area contributed by atoms with E-state index >= 15 is 0 Å². The summed E-state index contributed by atoms with van der Waals surface area (Å²) in [6.07, 6.45) is 1.04. The van der Waals surface area contributed by atoms with Gasteiger partial charge in [0.15, 0.2) is 19.7 Å². The second-order valence-electron chi connectivity index (χ2n) is 7.54. The molecule has 0 aromatic heterocycles. The summed E-state index contributed by atoms with van der Waals surface area (Å²) in [6, 6.07) is 9.39. The Kier molecular flexibility index (Phi) is 7.08. The second kappa shape index (κ2) is 8.81. The molecule has 29 heavy (non-hydrogen) atoms. The molecule has 2 rings (SSSR count). The molecule has 0 unspecified atom stereocenters. The van der Waals surface area contributed by atoms with E-state index in [4.69, 9.17) is 0 Å². The van der Waals surface area contributed by atoms with Gasteiger partial charge in [-0.25, -0.2) is 21.2 Å². The van der Waals surface area contributed by atoms with Crippen molar-refractivity contribution in [1.82, 2.24) is 0 Å². The van der Waals surface area contributed by atoms with Gasteiger partial charge < -0.3 is 10.0 Å². The van der Waals surface area contributed by atoms with Crippen molar-refractivity contribution in [2.24, 2.45) is 5.92 Å². The molecule has 0 aliphatic carbocycles. The predicted octanol–water partition coefficient (Wildman–Crippen LogP) is 2.83. The quantitative estimate of drug-likeness (QED) is 0.675. The van der Waals surface area contributed by atoms with Crippen molar-refractivity contribution >= 4 is 25.4 Å². The lowest BCUT2D eigenvalue weighted by Gasteiger charge is -2.30. The van der Waals surface area contributed by atoms with Gasteiger partial charge in [-0.1, -0.05) is 26.0 Å². The molecule has 160 valence electrons. The van der Waals surface area contributed by atoms with Crippen LogP contribution in [0.1, 0.15) is 25.5 Å². The molecule has 0 bridgehead atoms. The molecule has 9 heteroatoms. The van der Waals surface area contributed by atoms with Crippen LogP contribution in [-0.2, 0) is 19.7 Å². The van der Waals surface area contributed by atoms with Crippen LogP contribution in [0, 0.1) is 11.7 Å². The van der Waals surface area contributed by atoms with Crippen molar-refractivity contribution < 1.29 is 26.3 Å². The van der Waals surface area contributed by atoms with Gasteiger partial charge in [0.1, 0.15) is 5.82 Å². The highest BCUT2D eigenvalue weighted by atomic mass is 32.2. The van der Waals surface area contributed by atoms with Crippen molar-refractivity contribution in [3.63, 3.8) is 0 Å². The minimum Gasteiger partial charge on any atom is -0.387 e. The average Bonchev–Trinajstić information content (AvgIpc) is 2.59. The van der Waals surface area contributed by atoms with Crippen LogP contribution in [0.25, 0.3) is 0 Å². The smallest absolute Gasteiger partial charge is 0.177 e. The molecule has 1 atom stereocenters. The first-order valence-corrected chi connectivity index (χ1v) is 12.8. The van der Waals surface area contributed by atoms with E-state index < -0.39 is 31.6 Å². The summed E-state index contributed by atoms with van der Waals surface area (Å²) < 4.78 is 61.7. The summed E-state index contributed by atoms with van der Waals surface area (Å²) in [7, 11) is -7.33. The first kappa shape index (κ1) is 23.3. The monoisotopic (exact) mass is 443 g/mol. The van der Waals surface area contributed by atoms with Crippen LogP contribution in [0.4, 0.5) is 10.1 Å².